The van der Waals surface area contributed by atoms with Crippen LogP contribution >= 0.6 is 0 Å². The van der Waals surface area contributed by atoms with E-state index in [2.05, 4.69) is 4.74 Å². The molecule has 1 unspecified atom stereocenters. The maximum Gasteiger partial charge on any atom is 0.364 e. The third-order valence-electron chi connectivity index (χ3n) is 2.45. The molecule has 0 saturated carbocycles. The molecular formula is C8H14O8. The number of aliphatic hydroxyl groups excluding tert-OH is 4. The van der Waals surface area contributed by atoms with Crippen LogP contribution in [-0.2, 0) is 9.53 Å². The molecule has 0 aliphatic carbocycles. The van der Waals surface area contributed by atoms with Gasteiger partial charge in [-0.1, -0.05) is 0 Å². The maximum atomic E-state index is 10.7. The smallest absolute Gasteiger partial charge is 0.364 e. The topological polar surface area (TPSA) is 148 Å². The Balaban J connectivity index is 2.89. The minimum atomic E-state index is -2.68. The van der Waals surface area contributed by atoms with E-state index < -0.39 is 49.2 Å². The van der Waals surface area contributed by atoms with Gasteiger partial charge in [0.05, 0.1) is 12.7 Å². The summed E-state index contributed by atoms with van der Waals surface area (Å²) < 4.78 is 4.61. The average molecular weight is 238 g/mol. The standard InChI is InChI=1S/C8H14O8/c9-2-4(11)6-5(12)3(10)1-8(15,16-6)7(13)14/h3-6,9-12,15H,1-2H2,(H,13,14)/t3-,4+,5+,6-,8?/m1/s1. The van der Waals surface area contributed by atoms with Gasteiger partial charge in [0.1, 0.15) is 18.3 Å². The van der Waals surface area contributed by atoms with Crippen LogP contribution in [0.15, 0.2) is 0 Å². The van der Waals surface area contributed by atoms with Crippen molar-refractivity contribution < 1.29 is 40.2 Å². The van der Waals surface area contributed by atoms with E-state index in [0.29, 0.717) is 0 Å². The van der Waals surface area contributed by atoms with Crippen LogP contribution in [0.5, 0.6) is 0 Å². The fourth-order valence-electron chi connectivity index (χ4n) is 1.51. The molecular weight excluding hydrogens is 224 g/mol. The second kappa shape index (κ2) is 4.62. The van der Waals surface area contributed by atoms with Crippen molar-refractivity contribution in [3.05, 3.63) is 0 Å². The molecule has 16 heavy (non-hydrogen) atoms. The van der Waals surface area contributed by atoms with E-state index in [4.69, 9.17) is 10.2 Å². The number of aliphatic hydroxyl groups is 5. The van der Waals surface area contributed by atoms with Gasteiger partial charge in [0, 0.05) is 6.42 Å². The largest absolute Gasteiger partial charge is 0.477 e. The van der Waals surface area contributed by atoms with E-state index in [9.17, 15) is 25.2 Å². The Labute approximate surface area is 90.3 Å². The highest BCUT2D eigenvalue weighted by Gasteiger charge is 2.52. The molecule has 5 atom stereocenters. The molecule has 0 aromatic carbocycles. The van der Waals surface area contributed by atoms with Crippen LogP contribution in [0, 0.1) is 0 Å². The van der Waals surface area contributed by atoms with Crippen molar-refractivity contribution in [3.8, 4) is 0 Å². The Morgan fingerprint density at radius 2 is 2.06 bits per heavy atom. The molecule has 0 spiro atoms. The first kappa shape index (κ1) is 13.3. The molecule has 0 aromatic rings. The van der Waals surface area contributed by atoms with Gasteiger partial charge in [0.2, 0.25) is 0 Å². The average Bonchev–Trinajstić information content (AvgIpc) is 2.22. The molecule has 8 nitrogen and oxygen atoms in total. The molecule has 1 heterocycles. The molecule has 0 aromatic heterocycles. The summed E-state index contributed by atoms with van der Waals surface area (Å²) in [5.41, 5.74) is 0. The van der Waals surface area contributed by atoms with Crippen molar-refractivity contribution >= 4 is 5.97 Å². The second-order valence-corrected chi connectivity index (χ2v) is 3.68. The third kappa shape index (κ3) is 2.32. The summed E-state index contributed by atoms with van der Waals surface area (Å²) in [6.07, 6.45) is -7.05. The van der Waals surface area contributed by atoms with E-state index in [1.54, 1.807) is 0 Å². The quantitative estimate of drug-likeness (QED) is 0.298. The number of carbonyl (C=O) groups is 1. The zero-order chi connectivity index (χ0) is 12.5. The van der Waals surface area contributed by atoms with Gasteiger partial charge in [-0.2, -0.15) is 0 Å². The van der Waals surface area contributed by atoms with Crippen LogP contribution in [0.4, 0.5) is 0 Å². The number of hydrogen-bond donors (Lipinski definition) is 6. The fraction of sp³-hybridized carbons (Fsp3) is 0.875. The summed E-state index contributed by atoms with van der Waals surface area (Å²) in [6.45, 7) is -0.801. The highest BCUT2D eigenvalue weighted by Crippen LogP contribution is 2.29. The van der Waals surface area contributed by atoms with E-state index >= 15 is 0 Å². The van der Waals surface area contributed by atoms with Crippen LogP contribution in [0.2, 0.25) is 0 Å². The summed E-state index contributed by atoms with van der Waals surface area (Å²) in [7, 11) is 0. The highest BCUT2D eigenvalue weighted by atomic mass is 16.7. The van der Waals surface area contributed by atoms with Gasteiger partial charge in [-0.3, -0.25) is 0 Å². The van der Waals surface area contributed by atoms with Gasteiger partial charge < -0.3 is 35.4 Å². The van der Waals surface area contributed by atoms with Crippen LogP contribution in [-0.4, -0.2) is 73.4 Å². The van der Waals surface area contributed by atoms with E-state index in [-0.39, 0.29) is 0 Å². The lowest BCUT2D eigenvalue weighted by Gasteiger charge is -2.41. The Morgan fingerprint density at radius 1 is 1.50 bits per heavy atom. The van der Waals surface area contributed by atoms with Crippen molar-refractivity contribution in [1.29, 1.82) is 0 Å². The van der Waals surface area contributed by atoms with Gasteiger partial charge in [0.15, 0.2) is 0 Å². The molecule has 0 amide bonds. The van der Waals surface area contributed by atoms with Gasteiger partial charge in [0.25, 0.3) is 5.79 Å². The first-order chi connectivity index (χ1) is 7.31. The molecule has 1 rings (SSSR count). The van der Waals surface area contributed by atoms with Gasteiger partial charge in [-0.15, -0.1) is 0 Å². The molecule has 1 saturated heterocycles. The Hall–Kier alpha value is -0.770. The summed E-state index contributed by atoms with van der Waals surface area (Å²) in [5.74, 6) is -4.42. The molecule has 1 aliphatic heterocycles. The number of hydrogen-bond acceptors (Lipinski definition) is 7. The normalized spacial score (nSPS) is 41.7. The highest BCUT2D eigenvalue weighted by molar-refractivity contribution is 5.75. The molecule has 6 N–H and O–H groups in total. The summed E-state index contributed by atoms with van der Waals surface area (Å²) in [4.78, 5) is 10.7. The first-order valence-electron chi connectivity index (χ1n) is 4.60. The zero-order valence-corrected chi connectivity index (χ0v) is 8.22. The van der Waals surface area contributed by atoms with E-state index in [0.717, 1.165) is 0 Å². The minimum absolute atomic E-state index is 0.724. The van der Waals surface area contributed by atoms with E-state index in [1.165, 1.54) is 0 Å². The predicted octanol–water partition coefficient (Wildman–Crippen LogP) is -3.38. The zero-order valence-electron chi connectivity index (χ0n) is 8.22. The van der Waals surface area contributed by atoms with Crippen molar-refractivity contribution in [3.63, 3.8) is 0 Å². The lowest BCUT2D eigenvalue weighted by molar-refractivity contribution is -0.308. The molecule has 1 aliphatic rings. The number of aliphatic carboxylic acids is 1. The predicted molar refractivity (Wildman–Crippen MR) is 47.2 cm³/mol. The first-order valence-corrected chi connectivity index (χ1v) is 4.60. The van der Waals surface area contributed by atoms with Crippen LogP contribution in [0.25, 0.3) is 0 Å². The molecule has 0 radical (unpaired) electrons. The van der Waals surface area contributed by atoms with Crippen molar-refractivity contribution in [2.45, 2.75) is 36.6 Å². The van der Waals surface area contributed by atoms with Crippen molar-refractivity contribution in [2.75, 3.05) is 6.61 Å². The Bertz CT molecular complexity index is 269. The Kier molecular flexibility index (Phi) is 3.84. The lowest BCUT2D eigenvalue weighted by atomic mass is 9.93. The number of carboxylic acids is 1. The van der Waals surface area contributed by atoms with Gasteiger partial charge in [-0.25, -0.2) is 4.79 Å². The maximum absolute atomic E-state index is 10.7. The van der Waals surface area contributed by atoms with Crippen molar-refractivity contribution in [1.82, 2.24) is 0 Å². The third-order valence-corrected chi connectivity index (χ3v) is 2.45. The second-order valence-electron chi connectivity index (χ2n) is 3.68. The molecule has 0 bridgehead atoms. The van der Waals surface area contributed by atoms with Crippen LogP contribution < -0.4 is 0 Å². The SMILES string of the molecule is O=C(O)C1(O)C[C@@H](O)[C@H](O)[C@@H]([C@@H](O)CO)O1. The molecule has 8 heteroatoms. The number of carboxylic acid groups (broad SMARTS) is 1. The molecule has 1 fully saturated rings. The monoisotopic (exact) mass is 238 g/mol. The number of rotatable bonds is 3. The number of ether oxygens (including phenoxy) is 1. The van der Waals surface area contributed by atoms with Crippen LogP contribution in [0.3, 0.4) is 0 Å². The van der Waals surface area contributed by atoms with Gasteiger partial charge >= 0.3 is 5.97 Å². The van der Waals surface area contributed by atoms with Crippen molar-refractivity contribution in [2.24, 2.45) is 0 Å². The fourth-order valence-corrected chi connectivity index (χ4v) is 1.51. The summed E-state index contributed by atoms with van der Waals surface area (Å²) in [5, 5.41) is 54.7. The minimum Gasteiger partial charge on any atom is -0.477 e. The molecule has 94 valence electrons. The van der Waals surface area contributed by atoms with Crippen LogP contribution in [0.1, 0.15) is 6.42 Å². The summed E-state index contributed by atoms with van der Waals surface area (Å²) >= 11 is 0. The summed E-state index contributed by atoms with van der Waals surface area (Å²) in [6, 6.07) is 0. The van der Waals surface area contributed by atoms with Gasteiger partial charge in [-0.05, 0) is 0 Å². The van der Waals surface area contributed by atoms with E-state index in [1.807, 2.05) is 0 Å². The Morgan fingerprint density at radius 3 is 2.50 bits per heavy atom. The lowest BCUT2D eigenvalue weighted by Crippen LogP contribution is -2.61.